The summed E-state index contributed by atoms with van der Waals surface area (Å²) in [4.78, 5) is 5.04. The SMILES string of the molecule is Cc1ccc2c(c1)C(c1ccccc1)(c1ccccc1)c1cc(N(c3ccc(-c4ccc(N(c5ccccc5-c5ccccc5)c5cccc6c5-c5ccccc5C65c6ccccc6-c6ccccc65)cc4)cc3)c3ccc4c(c3)C(c3ccccc3)(c3ccccc3)c3cc(C)ccc3-4)ccc1-2. The maximum atomic E-state index is 2.52. The van der Waals surface area contributed by atoms with Crippen LogP contribution in [0.5, 0.6) is 0 Å². The molecule has 0 amide bonds. The highest BCUT2D eigenvalue weighted by atomic mass is 15.2. The molecule has 16 aromatic rings. The molecule has 4 aliphatic rings. The van der Waals surface area contributed by atoms with Gasteiger partial charge in [0.05, 0.1) is 27.6 Å². The highest BCUT2D eigenvalue weighted by molar-refractivity contribution is 6.03. The Kier molecular flexibility index (Phi) is 13.8. The number of hydrogen-bond donors (Lipinski definition) is 0. The molecule has 0 N–H and O–H groups in total. The lowest BCUT2D eigenvalue weighted by Gasteiger charge is -2.36. The Morgan fingerprint density at radius 3 is 0.961 bits per heavy atom. The van der Waals surface area contributed by atoms with Gasteiger partial charge in [0.1, 0.15) is 0 Å². The largest absolute Gasteiger partial charge is 0.310 e. The summed E-state index contributed by atoms with van der Waals surface area (Å²) in [5.74, 6) is 0. The molecule has 0 unspecified atom stereocenters. The minimum absolute atomic E-state index is 0.494. The predicted molar refractivity (Wildman–Crippen MR) is 427 cm³/mol. The van der Waals surface area contributed by atoms with Gasteiger partial charge in [-0.25, -0.2) is 0 Å². The molecule has 0 aromatic heterocycles. The maximum Gasteiger partial charge on any atom is 0.0726 e. The Morgan fingerprint density at radius 1 is 0.184 bits per heavy atom. The van der Waals surface area contributed by atoms with Crippen LogP contribution in [0.1, 0.15) is 77.9 Å². The molecule has 1 spiro atoms. The van der Waals surface area contributed by atoms with E-state index < -0.39 is 16.2 Å². The third kappa shape index (κ3) is 8.81. The summed E-state index contributed by atoms with van der Waals surface area (Å²) >= 11 is 0. The van der Waals surface area contributed by atoms with Crippen LogP contribution in [0.3, 0.4) is 0 Å². The van der Waals surface area contributed by atoms with E-state index in [1.54, 1.807) is 0 Å². The van der Waals surface area contributed by atoms with Gasteiger partial charge in [-0.1, -0.05) is 339 Å². The third-order valence-electron chi connectivity index (χ3n) is 23.0. The van der Waals surface area contributed by atoms with Gasteiger partial charge >= 0.3 is 0 Å². The average Bonchev–Trinajstić information content (AvgIpc) is 1.68. The van der Waals surface area contributed by atoms with Crippen LogP contribution in [0.4, 0.5) is 34.1 Å². The van der Waals surface area contributed by atoms with Crippen LogP contribution in [-0.2, 0) is 16.2 Å². The molecule has 16 aromatic carbocycles. The smallest absolute Gasteiger partial charge is 0.0726 e. The van der Waals surface area contributed by atoms with E-state index in [9.17, 15) is 0 Å². The number of benzene rings is 16. The van der Waals surface area contributed by atoms with Gasteiger partial charge in [-0.05, 0) is 197 Å². The summed E-state index contributed by atoms with van der Waals surface area (Å²) in [6, 6.07) is 146. The molecule has 0 bridgehead atoms. The molecule has 103 heavy (non-hydrogen) atoms. The van der Waals surface area contributed by atoms with E-state index in [2.05, 4.69) is 412 Å². The monoisotopic (exact) mass is 1310 g/mol. The fourth-order valence-electron chi connectivity index (χ4n) is 18.8. The zero-order chi connectivity index (χ0) is 68.4. The van der Waals surface area contributed by atoms with E-state index in [-0.39, 0.29) is 0 Å². The molecule has 2 heteroatoms. The lowest BCUT2D eigenvalue weighted by molar-refractivity contribution is 0.766. The predicted octanol–water partition coefficient (Wildman–Crippen LogP) is 25.6. The quantitative estimate of drug-likeness (QED) is 0.120. The number of nitrogens with zero attached hydrogens (tertiary/aromatic N) is 2. The van der Waals surface area contributed by atoms with Crippen molar-refractivity contribution in [2.24, 2.45) is 0 Å². The number of fused-ring (bicyclic) bond motifs is 16. The lowest BCUT2D eigenvalue weighted by atomic mass is 9.67. The number of rotatable bonds is 12. The first-order valence-corrected chi connectivity index (χ1v) is 36.0. The Bertz CT molecular complexity index is 5690. The molecular weight excluding hydrogens is 1240 g/mol. The molecule has 0 heterocycles. The number of aryl methyl sites for hydroxylation is 2. The normalized spacial score (nSPS) is 13.8. The van der Waals surface area contributed by atoms with Crippen LogP contribution < -0.4 is 9.80 Å². The van der Waals surface area contributed by atoms with Crippen molar-refractivity contribution in [2.75, 3.05) is 9.80 Å². The number of hydrogen-bond acceptors (Lipinski definition) is 2. The maximum absolute atomic E-state index is 2.52. The van der Waals surface area contributed by atoms with Crippen molar-refractivity contribution in [3.8, 4) is 66.8 Å². The molecule has 2 nitrogen and oxygen atoms in total. The average molecular weight is 1310 g/mol. The zero-order valence-electron chi connectivity index (χ0n) is 57.3. The molecule has 0 aliphatic heterocycles. The summed E-state index contributed by atoms with van der Waals surface area (Å²) < 4.78 is 0. The van der Waals surface area contributed by atoms with Gasteiger partial charge in [0.25, 0.3) is 0 Å². The van der Waals surface area contributed by atoms with Crippen LogP contribution in [0.15, 0.2) is 388 Å². The Balaban J connectivity index is 0.762. The number of para-hydroxylation sites is 1. The van der Waals surface area contributed by atoms with E-state index in [4.69, 9.17) is 0 Å². The van der Waals surface area contributed by atoms with Crippen LogP contribution >= 0.6 is 0 Å². The van der Waals surface area contributed by atoms with Crippen molar-refractivity contribution < 1.29 is 0 Å². The summed E-state index contributed by atoms with van der Waals surface area (Å²) in [5.41, 5.74) is 37.3. The van der Waals surface area contributed by atoms with Gasteiger partial charge in [0.2, 0.25) is 0 Å². The van der Waals surface area contributed by atoms with Crippen molar-refractivity contribution in [1.29, 1.82) is 0 Å². The van der Waals surface area contributed by atoms with Crippen molar-refractivity contribution in [2.45, 2.75) is 30.1 Å². The van der Waals surface area contributed by atoms with Gasteiger partial charge < -0.3 is 9.80 Å². The third-order valence-corrected chi connectivity index (χ3v) is 23.0. The highest BCUT2D eigenvalue weighted by Gasteiger charge is 2.53. The van der Waals surface area contributed by atoms with Crippen molar-refractivity contribution in [3.05, 3.63) is 466 Å². The highest BCUT2D eigenvalue weighted by Crippen LogP contribution is 2.66. The summed E-state index contributed by atoms with van der Waals surface area (Å²) in [5, 5.41) is 0. The van der Waals surface area contributed by atoms with E-state index in [1.165, 1.54) is 122 Å². The van der Waals surface area contributed by atoms with Crippen molar-refractivity contribution >= 4 is 34.1 Å². The first-order valence-electron chi connectivity index (χ1n) is 36.0. The van der Waals surface area contributed by atoms with Crippen molar-refractivity contribution in [3.63, 3.8) is 0 Å². The van der Waals surface area contributed by atoms with Crippen LogP contribution in [0.2, 0.25) is 0 Å². The molecule has 484 valence electrons. The molecule has 0 saturated heterocycles. The van der Waals surface area contributed by atoms with E-state index in [0.29, 0.717) is 0 Å². The molecule has 0 saturated carbocycles. The summed E-state index contributed by atoms with van der Waals surface area (Å²) in [7, 11) is 0. The van der Waals surface area contributed by atoms with Crippen LogP contribution in [-0.4, -0.2) is 0 Å². The molecule has 4 aliphatic carbocycles. The standard InChI is InChI=1S/C101H70N2/c1-67-47-59-83-85-61-57-78(65-94(85)99(92(83)63-67,72-29-10-4-11-30-72)73-31-12-5-13-32-73)102(79-58-62-86-84-60-48-68(2)64-93(84)100(95(86)66-79,74-33-14-6-15-34-74)75-35-16-7-17-36-75)76-53-49-69(50-54-76)70-51-55-77(56-52-70)103(96-45-25-21-37-80(96)71-27-8-3-9-28-71)97-46-26-44-91-98(97)87-40-20-24-43-90(87)101(91)88-41-22-18-38-81(88)82-39-19-23-42-89(82)101/h3-66H,1-2H3. The van der Waals surface area contributed by atoms with E-state index in [1.807, 2.05) is 0 Å². The zero-order valence-corrected chi connectivity index (χ0v) is 57.3. The topological polar surface area (TPSA) is 6.48 Å². The van der Waals surface area contributed by atoms with E-state index in [0.717, 1.165) is 56.4 Å². The summed E-state index contributed by atoms with van der Waals surface area (Å²) in [6.07, 6.45) is 0. The van der Waals surface area contributed by atoms with Crippen LogP contribution in [0.25, 0.3) is 66.8 Å². The molecule has 20 rings (SSSR count). The summed E-state index contributed by atoms with van der Waals surface area (Å²) in [6.45, 7) is 4.46. The first kappa shape index (κ1) is 60.1. The first-order chi connectivity index (χ1) is 50.9. The van der Waals surface area contributed by atoms with Gasteiger partial charge in [-0.15, -0.1) is 0 Å². The van der Waals surface area contributed by atoms with Crippen molar-refractivity contribution in [1.82, 2.24) is 0 Å². The lowest BCUT2D eigenvalue weighted by Crippen LogP contribution is -2.29. The van der Waals surface area contributed by atoms with Gasteiger partial charge in [-0.3, -0.25) is 0 Å². The second-order valence-electron chi connectivity index (χ2n) is 28.3. The fraction of sp³-hybridized carbons (Fsp3) is 0.0495. The Hall–Kier alpha value is -12.9. The van der Waals surface area contributed by atoms with Crippen LogP contribution in [0, 0.1) is 13.8 Å². The minimum atomic E-state index is -0.606. The molecular formula is C101H70N2. The number of anilines is 6. The molecule has 0 radical (unpaired) electrons. The molecule has 0 fully saturated rings. The van der Waals surface area contributed by atoms with Gasteiger partial charge in [0.15, 0.2) is 0 Å². The second kappa shape index (κ2) is 23.6. The van der Waals surface area contributed by atoms with Gasteiger partial charge in [0, 0.05) is 33.9 Å². The molecule has 0 atom stereocenters. The fourth-order valence-corrected chi connectivity index (χ4v) is 18.8. The minimum Gasteiger partial charge on any atom is -0.310 e. The van der Waals surface area contributed by atoms with Gasteiger partial charge in [-0.2, -0.15) is 0 Å². The van der Waals surface area contributed by atoms with E-state index >= 15 is 0 Å². The Labute approximate surface area is 603 Å². The Morgan fingerprint density at radius 2 is 0.505 bits per heavy atom. The second-order valence-corrected chi connectivity index (χ2v) is 28.3.